The molecule has 2 N–H and O–H groups in total. The standard InChI is InChI=1S/C23H18ClFN2OS/c24-17-10-6-11-18(25)20(17)23(28)26-13-14-29-22-16-9-4-5-12-19(16)27-21(22)15-7-2-1-3-8-15/h1-12,27H,13-14H2,(H,26,28). The van der Waals surface area contributed by atoms with Gasteiger partial charge in [-0.25, -0.2) is 4.39 Å². The molecule has 0 bridgehead atoms. The molecule has 0 radical (unpaired) electrons. The van der Waals surface area contributed by atoms with Crippen LogP contribution in [-0.4, -0.2) is 23.2 Å². The Morgan fingerprint density at radius 2 is 1.76 bits per heavy atom. The van der Waals surface area contributed by atoms with Crippen LogP contribution in [0.15, 0.2) is 77.7 Å². The van der Waals surface area contributed by atoms with Gasteiger partial charge in [-0.2, -0.15) is 0 Å². The number of hydrogen-bond donors (Lipinski definition) is 2. The van der Waals surface area contributed by atoms with E-state index in [-0.39, 0.29) is 10.6 Å². The van der Waals surface area contributed by atoms with Crippen molar-refractivity contribution in [2.45, 2.75) is 4.90 Å². The number of thioether (sulfide) groups is 1. The lowest BCUT2D eigenvalue weighted by Gasteiger charge is -2.08. The first-order valence-corrected chi connectivity index (χ1v) is 10.5. The summed E-state index contributed by atoms with van der Waals surface area (Å²) in [5.74, 6) is -0.485. The highest BCUT2D eigenvalue weighted by molar-refractivity contribution is 7.99. The molecule has 29 heavy (non-hydrogen) atoms. The Hall–Kier alpha value is -2.76. The second kappa shape index (κ2) is 8.72. The van der Waals surface area contributed by atoms with Crippen LogP contribution in [0.5, 0.6) is 0 Å². The zero-order chi connectivity index (χ0) is 20.2. The van der Waals surface area contributed by atoms with Gasteiger partial charge in [0.1, 0.15) is 5.82 Å². The van der Waals surface area contributed by atoms with Crippen molar-refractivity contribution in [2.75, 3.05) is 12.3 Å². The van der Waals surface area contributed by atoms with Gasteiger partial charge in [-0.3, -0.25) is 4.79 Å². The Labute approximate surface area is 177 Å². The Balaban J connectivity index is 1.49. The van der Waals surface area contributed by atoms with E-state index in [2.05, 4.69) is 28.5 Å². The number of carbonyl (C=O) groups excluding carboxylic acids is 1. The summed E-state index contributed by atoms with van der Waals surface area (Å²) in [7, 11) is 0. The SMILES string of the molecule is O=C(NCCSc1c(-c2ccccc2)[nH]c2ccccc12)c1c(F)cccc1Cl. The number of amides is 1. The fourth-order valence-electron chi connectivity index (χ4n) is 3.20. The summed E-state index contributed by atoms with van der Waals surface area (Å²) in [6.07, 6.45) is 0. The fraction of sp³-hybridized carbons (Fsp3) is 0.0870. The van der Waals surface area contributed by atoms with E-state index in [1.165, 1.54) is 18.2 Å². The Bertz CT molecular complexity index is 1140. The van der Waals surface area contributed by atoms with Crippen LogP contribution in [-0.2, 0) is 0 Å². The molecule has 3 aromatic carbocycles. The van der Waals surface area contributed by atoms with Crippen LogP contribution in [0.4, 0.5) is 4.39 Å². The Kier molecular flexibility index (Phi) is 5.88. The average molecular weight is 425 g/mol. The first kappa shape index (κ1) is 19.6. The molecule has 0 aliphatic carbocycles. The molecule has 6 heteroatoms. The molecular formula is C23H18ClFN2OS. The third-order valence-corrected chi connectivity index (χ3v) is 5.98. The summed E-state index contributed by atoms with van der Waals surface area (Å²) < 4.78 is 13.9. The average Bonchev–Trinajstić information content (AvgIpc) is 3.10. The topological polar surface area (TPSA) is 44.9 Å². The summed E-state index contributed by atoms with van der Waals surface area (Å²) in [5, 5.41) is 4.00. The van der Waals surface area contributed by atoms with Gasteiger partial charge in [-0.15, -0.1) is 11.8 Å². The van der Waals surface area contributed by atoms with Gasteiger partial charge >= 0.3 is 0 Å². The summed E-state index contributed by atoms with van der Waals surface area (Å²) in [5.41, 5.74) is 3.11. The van der Waals surface area contributed by atoms with E-state index < -0.39 is 11.7 Å². The van der Waals surface area contributed by atoms with Gasteiger partial charge in [0.15, 0.2) is 0 Å². The highest BCUT2D eigenvalue weighted by atomic mass is 35.5. The third-order valence-electron chi connectivity index (χ3n) is 4.54. The van der Waals surface area contributed by atoms with Gasteiger partial charge < -0.3 is 10.3 Å². The minimum atomic E-state index is -0.620. The Morgan fingerprint density at radius 1 is 1.00 bits per heavy atom. The van der Waals surface area contributed by atoms with Gasteiger partial charge in [0.25, 0.3) is 5.91 Å². The van der Waals surface area contributed by atoms with Crippen LogP contribution in [0, 0.1) is 5.82 Å². The van der Waals surface area contributed by atoms with E-state index >= 15 is 0 Å². The fourth-order valence-corrected chi connectivity index (χ4v) is 4.50. The van der Waals surface area contributed by atoms with E-state index in [1.54, 1.807) is 11.8 Å². The number of aromatic nitrogens is 1. The monoisotopic (exact) mass is 424 g/mol. The minimum Gasteiger partial charge on any atom is -0.354 e. The number of rotatable bonds is 6. The number of aromatic amines is 1. The number of benzene rings is 3. The molecule has 0 atom stereocenters. The second-order valence-corrected chi connectivity index (χ2v) is 7.95. The zero-order valence-corrected chi connectivity index (χ0v) is 17.0. The number of para-hydroxylation sites is 1. The van der Waals surface area contributed by atoms with Crippen molar-refractivity contribution in [3.05, 3.63) is 89.2 Å². The summed E-state index contributed by atoms with van der Waals surface area (Å²) in [6, 6.07) is 22.5. The maximum atomic E-state index is 13.9. The van der Waals surface area contributed by atoms with Crippen LogP contribution < -0.4 is 5.32 Å². The molecule has 0 spiro atoms. The number of hydrogen-bond acceptors (Lipinski definition) is 2. The van der Waals surface area contributed by atoms with Gasteiger partial charge in [0.2, 0.25) is 0 Å². The van der Waals surface area contributed by atoms with Crippen molar-refractivity contribution in [1.29, 1.82) is 0 Å². The zero-order valence-electron chi connectivity index (χ0n) is 15.4. The number of fused-ring (bicyclic) bond motifs is 1. The Morgan fingerprint density at radius 3 is 2.55 bits per heavy atom. The molecular weight excluding hydrogens is 407 g/mol. The second-order valence-electron chi connectivity index (χ2n) is 6.44. The number of H-pyrrole nitrogens is 1. The number of nitrogens with one attached hydrogen (secondary N) is 2. The molecule has 0 saturated carbocycles. The third kappa shape index (κ3) is 4.16. The van der Waals surface area contributed by atoms with Crippen LogP contribution in [0.3, 0.4) is 0 Å². The molecule has 3 nitrogen and oxygen atoms in total. The predicted molar refractivity (Wildman–Crippen MR) is 118 cm³/mol. The smallest absolute Gasteiger partial charge is 0.255 e. The first-order chi connectivity index (χ1) is 14.1. The van der Waals surface area contributed by atoms with Crippen molar-refractivity contribution in [1.82, 2.24) is 10.3 Å². The maximum absolute atomic E-state index is 13.9. The number of halogens is 2. The molecule has 0 saturated heterocycles. The molecule has 146 valence electrons. The molecule has 0 unspecified atom stereocenters. The van der Waals surface area contributed by atoms with Crippen molar-refractivity contribution in [3.8, 4) is 11.3 Å². The lowest BCUT2D eigenvalue weighted by molar-refractivity contribution is 0.0952. The van der Waals surface area contributed by atoms with Gasteiger partial charge in [0, 0.05) is 28.1 Å². The molecule has 0 fully saturated rings. The van der Waals surface area contributed by atoms with Crippen molar-refractivity contribution >= 4 is 40.2 Å². The van der Waals surface area contributed by atoms with Crippen molar-refractivity contribution < 1.29 is 9.18 Å². The van der Waals surface area contributed by atoms with Crippen LogP contribution in [0.2, 0.25) is 5.02 Å². The van der Waals surface area contributed by atoms with E-state index in [9.17, 15) is 9.18 Å². The van der Waals surface area contributed by atoms with Crippen molar-refractivity contribution in [3.63, 3.8) is 0 Å². The van der Waals surface area contributed by atoms with Gasteiger partial charge in [-0.1, -0.05) is 66.2 Å². The van der Waals surface area contributed by atoms with E-state index in [0.717, 1.165) is 27.1 Å². The summed E-state index contributed by atoms with van der Waals surface area (Å²) in [4.78, 5) is 16.9. The molecule has 0 aliphatic heterocycles. The summed E-state index contributed by atoms with van der Waals surface area (Å²) in [6.45, 7) is 0.391. The highest BCUT2D eigenvalue weighted by Crippen LogP contribution is 2.37. The van der Waals surface area contributed by atoms with Crippen LogP contribution >= 0.6 is 23.4 Å². The van der Waals surface area contributed by atoms with Gasteiger partial charge in [-0.05, 0) is 23.8 Å². The molecule has 1 amide bonds. The molecule has 0 aliphatic rings. The first-order valence-electron chi connectivity index (χ1n) is 9.16. The summed E-state index contributed by atoms with van der Waals surface area (Å²) >= 11 is 7.61. The molecule has 4 rings (SSSR count). The largest absolute Gasteiger partial charge is 0.354 e. The maximum Gasteiger partial charge on any atom is 0.255 e. The van der Waals surface area contributed by atoms with Gasteiger partial charge in [0.05, 0.1) is 16.3 Å². The van der Waals surface area contributed by atoms with Crippen LogP contribution in [0.25, 0.3) is 22.2 Å². The van der Waals surface area contributed by atoms with E-state index in [0.29, 0.717) is 12.3 Å². The van der Waals surface area contributed by atoms with E-state index in [4.69, 9.17) is 11.6 Å². The molecule has 4 aromatic rings. The minimum absolute atomic E-state index is 0.109. The molecule has 1 heterocycles. The lowest BCUT2D eigenvalue weighted by Crippen LogP contribution is -2.26. The van der Waals surface area contributed by atoms with Crippen LogP contribution in [0.1, 0.15) is 10.4 Å². The molecule has 1 aromatic heterocycles. The quantitative estimate of drug-likeness (QED) is 0.288. The van der Waals surface area contributed by atoms with E-state index in [1.807, 2.05) is 36.4 Å². The normalized spacial score (nSPS) is 11.0. The number of carbonyl (C=O) groups is 1. The van der Waals surface area contributed by atoms with Crippen molar-refractivity contribution in [2.24, 2.45) is 0 Å². The highest BCUT2D eigenvalue weighted by Gasteiger charge is 2.16. The predicted octanol–water partition coefficient (Wildman–Crippen LogP) is 6.15. The lowest BCUT2D eigenvalue weighted by atomic mass is 10.1.